The third-order valence-corrected chi connectivity index (χ3v) is 3.48. The van der Waals surface area contributed by atoms with E-state index in [9.17, 15) is 13.6 Å². The molecule has 0 N–H and O–H groups in total. The molecule has 2 atom stereocenters. The fourth-order valence-electron chi connectivity index (χ4n) is 2.62. The molecule has 1 aliphatic heterocycles. The van der Waals surface area contributed by atoms with Crippen molar-refractivity contribution < 1.29 is 27.8 Å². The van der Waals surface area contributed by atoms with Gasteiger partial charge in [0.25, 0.3) is 0 Å². The molecule has 1 fully saturated rings. The Balaban J connectivity index is 2.56. The Kier molecular flexibility index (Phi) is 3.69. The van der Waals surface area contributed by atoms with E-state index in [1.807, 2.05) is 0 Å². The van der Waals surface area contributed by atoms with Gasteiger partial charge in [-0.05, 0) is 19.9 Å². The monoisotopic (exact) mass is 286 g/mol. The van der Waals surface area contributed by atoms with E-state index in [0.29, 0.717) is 0 Å². The topological polar surface area (TPSA) is 44.8 Å². The summed E-state index contributed by atoms with van der Waals surface area (Å²) in [5.74, 6) is -3.87. The van der Waals surface area contributed by atoms with E-state index in [1.54, 1.807) is 13.8 Å². The largest absolute Gasteiger partial charge is 0.493 e. The molecule has 0 unspecified atom stereocenters. The SMILES string of the molecule is COc1c([C@H]2C(=O)OC(C)(C)[C@H]2OC)ccc(F)c1F. The number of esters is 1. The zero-order chi connectivity index (χ0) is 15.1. The molecule has 1 aromatic carbocycles. The molecule has 2 rings (SSSR count). The van der Waals surface area contributed by atoms with Gasteiger partial charge in [0.1, 0.15) is 17.6 Å². The van der Waals surface area contributed by atoms with Gasteiger partial charge in [-0.15, -0.1) is 0 Å². The molecule has 0 saturated carbocycles. The molecular weight excluding hydrogens is 270 g/mol. The lowest BCUT2D eigenvalue weighted by molar-refractivity contribution is -0.148. The molecule has 1 saturated heterocycles. The van der Waals surface area contributed by atoms with Crippen LogP contribution in [0.15, 0.2) is 12.1 Å². The van der Waals surface area contributed by atoms with Crippen molar-refractivity contribution in [2.45, 2.75) is 31.5 Å². The Labute approximate surface area is 115 Å². The summed E-state index contributed by atoms with van der Waals surface area (Å²) in [6.45, 7) is 3.40. The van der Waals surface area contributed by atoms with Gasteiger partial charge in [0.2, 0.25) is 5.82 Å². The van der Waals surface area contributed by atoms with Gasteiger partial charge in [0.05, 0.1) is 7.11 Å². The van der Waals surface area contributed by atoms with Gasteiger partial charge >= 0.3 is 5.97 Å². The molecule has 20 heavy (non-hydrogen) atoms. The Morgan fingerprint density at radius 3 is 2.45 bits per heavy atom. The highest BCUT2D eigenvalue weighted by molar-refractivity contribution is 5.83. The third kappa shape index (κ3) is 2.14. The highest BCUT2D eigenvalue weighted by Gasteiger charge is 2.52. The Morgan fingerprint density at radius 1 is 1.25 bits per heavy atom. The molecule has 0 aliphatic carbocycles. The van der Waals surface area contributed by atoms with Crippen LogP contribution >= 0.6 is 0 Å². The van der Waals surface area contributed by atoms with Crippen molar-refractivity contribution in [1.29, 1.82) is 0 Å². The summed E-state index contributed by atoms with van der Waals surface area (Å²) in [5, 5.41) is 0. The van der Waals surface area contributed by atoms with E-state index >= 15 is 0 Å². The van der Waals surface area contributed by atoms with E-state index in [2.05, 4.69) is 0 Å². The Bertz CT molecular complexity index is 542. The van der Waals surface area contributed by atoms with Crippen LogP contribution in [0.5, 0.6) is 5.75 Å². The molecular formula is C14H16F2O4. The fourth-order valence-corrected chi connectivity index (χ4v) is 2.62. The summed E-state index contributed by atoms with van der Waals surface area (Å²) >= 11 is 0. The molecule has 4 nitrogen and oxygen atoms in total. The lowest BCUT2D eigenvalue weighted by Crippen LogP contribution is -2.36. The first kappa shape index (κ1) is 14.7. The van der Waals surface area contributed by atoms with Crippen LogP contribution in [0.4, 0.5) is 8.78 Å². The van der Waals surface area contributed by atoms with Crippen LogP contribution in [0.3, 0.4) is 0 Å². The first-order valence-corrected chi connectivity index (χ1v) is 6.11. The summed E-state index contributed by atoms with van der Waals surface area (Å²) in [7, 11) is 2.66. The summed E-state index contributed by atoms with van der Waals surface area (Å²) in [4.78, 5) is 12.1. The number of halogens is 2. The van der Waals surface area contributed by atoms with Crippen LogP contribution in [0.2, 0.25) is 0 Å². The van der Waals surface area contributed by atoms with Crippen LogP contribution in [-0.4, -0.2) is 31.9 Å². The Hall–Kier alpha value is -1.69. The molecule has 0 radical (unpaired) electrons. The number of carbonyl (C=O) groups excluding carboxylic acids is 1. The van der Waals surface area contributed by atoms with Crippen LogP contribution < -0.4 is 4.74 Å². The number of cyclic esters (lactones) is 1. The molecule has 0 amide bonds. The summed E-state index contributed by atoms with van der Waals surface area (Å²) in [5.41, 5.74) is -0.638. The number of carbonyl (C=O) groups is 1. The average Bonchev–Trinajstić information content (AvgIpc) is 2.61. The highest BCUT2D eigenvalue weighted by Crippen LogP contribution is 2.43. The third-order valence-electron chi connectivity index (χ3n) is 3.48. The molecule has 1 heterocycles. The van der Waals surface area contributed by atoms with Crippen LogP contribution in [-0.2, 0) is 14.3 Å². The van der Waals surface area contributed by atoms with E-state index in [0.717, 1.165) is 6.07 Å². The van der Waals surface area contributed by atoms with Crippen molar-refractivity contribution >= 4 is 5.97 Å². The lowest BCUT2D eigenvalue weighted by Gasteiger charge is -2.26. The van der Waals surface area contributed by atoms with Crippen molar-refractivity contribution in [3.05, 3.63) is 29.3 Å². The zero-order valence-electron chi connectivity index (χ0n) is 11.7. The van der Waals surface area contributed by atoms with Gasteiger partial charge in [0.15, 0.2) is 11.6 Å². The van der Waals surface area contributed by atoms with Gasteiger partial charge in [-0.1, -0.05) is 6.07 Å². The molecule has 1 aromatic rings. The first-order chi connectivity index (χ1) is 9.33. The van der Waals surface area contributed by atoms with Crippen molar-refractivity contribution in [2.75, 3.05) is 14.2 Å². The number of hydrogen-bond acceptors (Lipinski definition) is 4. The quantitative estimate of drug-likeness (QED) is 0.800. The fraction of sp³-hybridized carbons (Fsp3) is 0.500. The number of ether oxygens (including phenoxy) is 3. The van der Waals surface area contributed by atoms with Gasteiger partial charge in [0, 0.05) is 12.7 Å². The predicted molar refractivity (Wildman–Crippen MR) is 66.6 cm³/mol. The van der Waals surface area contributed by atoms with Gasteiger partial charge in [-0.3, -0.25) is 4.79 Å². The van der Waals surface area contributed by atoms with Gasteiger partial charge < -0.3 is 14.2 Å². The minimum Gasteiger partial charge on any atom is -0.493 e. The van der Waals surface area contributed by atoms with E-state index in [-0.39, 0.29) is 11.3 Å². The van der Waals surface area contributed by atoms with Crippen LogP contribution in [0.1, 0.15) is 25.3 Å². The number of methoxy groups -OCH3 is 2. The average molecular weight is 286 g/mol. The minimum atomic E-state index is -1.13. The molecule has 6 heteroatoms. The van der Waals surface area contributed by atoms with E-state index in [4.69, 9.17) is 14.2 Å². The first-order valence-electron chi connectivity index (χ1n) is 6.11. The van der Waals surface area contributed by atoms with Crippen molar-refractivity contribution in [1.82, 2.24) is 0 Å². The molecule has 0 bridgehead atoms. The van der Waals surface area contributed by atoms with E-state index in [1.165, 1.54) is 20.3 Å². The smallest absolute Gasteiger partial charge is 0.317 e. The predicted octanol–water partition coefficient (Wildman–Crippen LogP) is 2.41. The normalized spacial score (nSPS) is 24.6. The number of rotatable bonds is 3. The van der Waals surface area contributed by atoms with Crippen LogP contribution in [0, 0.1) is 11.6 Å². The number of hydrogen-bond donors (Lipinski definition) is 0. The summed E-state index contributed by atoms with van der Waals surface area (Å²) in [6, 6.07) is 2.27. The standard InChI is InChI=1S/C14H16F2O4/c1-14(2)12(19-4)9(13(17)20-14)7-5-6-8(15)10(16)11(7)18-3/h5-6,9,12H,1-4H3/t9-,12+/m1/s1. The maximum absolute atomic E-state index is 13.8. The van der Waals surface area contributed by atoms with Crippen molar-refractivity contribution in [2.24, 2.45) is 0 Å². The highest BCUT2D eigenvalue weighted by atomic mass is 19.2. The molecule has 1 aliphatic rings. The maximum Gasteiger partial charge on any atom is 0.317 e. The number of benzene rings is 1. The molecule has 0 aromatic heterocycles. The van der Waals surface area contributed by atoms with Gasteiger partial charge in [-0.2, -0.15) is 4.39 Å². The maximum atomic E-state index is 13.8. The second-order valence-electron chi connectivity index (χ2n) is 5.14. The molecule has 0 spiro atoms. The second-order valence-corrected chi connectivity index (χ2v) is 5.14. The molecule has 110 valence electrons. The van der Waals surface area contributed by atoms with Crippen molar-refractivity contribution in [3.63, 3.8) is 0 Å². The lowest BCUT2D eigenvalue weighted by atomic mass is 9.87. The summed E-state index contributed by atoms with van der Waals surface area (Å²) < 4.78 is 42.5. The Morgan fingerprint density at radius 2 is 1.90 bits per heavy atom. The second kappa shape index (κ2) is 5.01. The van der Waals surface area contributed by atoms with E-state index < -0.39 is 35.2 Å². The van der Waals surface area contributed by atoms with Gasteiger partial charge in [-0.25, -0.2) is 4.39 Å². The van der Waals surface area contributed by atoms with Crippen molar-refractivity contribution in [3.8, 4) is 5.75 Å². The van der Waals surface area contributed by atoms with Crippen LogP contribution in [0.25, 0.3) is 0 Å². The minimum absolute atomic E-state index is 0.217. The zero-order valence-corrected chi connectivity index (χ0v) is 11.7. The summed E-state index contributed by atoms with van der Waals surface area (Å²) in [6.07, 6.45) is -0.617.